The van der Waals surface area contributed by atoms with Gasteiger partial charge >= 0.3 is 5.97 Å². The van der Waals surface area contributed by atoms with Crippen molar-refractivity contribution < 1.29 is 18.7 Å². The summed E-state index contributed by atoms with van der Waals surface area (Å²) in [6.07, 6.45) is 5.85. The Morgan fingerprint density at radius 3 is 2.50 bits per heavy atom. The van der Waals surface area contributed by atoms with E-state index in [2.05, 4.69) is 0 Å². The van der Waals surface area contributed by atoms with Gasteiger partial charge in [0.05, 0.1) is 11.3 Å². The maximum Gasteiger partial charge on any atom is 0.338 e. The van der Waals surface area contributed by atoms with E-state index in [1.165, 1.54) is 25.3 Å². The quantitative estimate of drug-likeness (QED) is 0.916. The molecule has 110 valence electrons. The van der Waals surface area contributed by atoms with Crippen LogP contribution in [-0.2, 0) is 0 Å². The van der Waals surface area contributed by atoms with E-state index in [1.54, 1.807) is 11.9 Å². The molecule has 1 aromatic carbocycles. The molecule has 0 radical (unpaired) electrons. The Morgan fingerprint density at radius 2 is 1.90 bits per heavy atom. The Balaban J connectivity index is 2.15. The van der Waals surface area contributed by atoms with Gasteiger partial charge in [-0.1, -0.05) is 19.3 Å². The van der Waals surface area contributed by atoms with Gasteiger partial charge in [0.15, 0.2) is 11.6 Å². The van der Waals surface area contributed by atoms with Crippen molar-refractivity contribution in [2.75, 3.05) is 18.5 Å². The molecule has 0 heterocycles. The number of carboxylic acid groups (broad SMARTS) is 1. The van der Waals surface area contributed by atoms with Crippen LogP contribution >= 0.6 is 0 Å². The largest absolute Gasteiger partial charge is 0.478 e. The van der Waals surface area contributed by atoms with Crippen LogP contribution < -0.4 is 4.90 Å². The first-order chi connectivity index (χ1) is 9.50. The zero-order valence-corrected chi connectivity index (χ0v) is 11.5. The van der Waals surface area contributed by atoms with Crippen molar-refractivity contribution in [1.82, 2.24) is 0 Å². The molecule has 0 atom stereocenters. The smallest absolute Gasteiger partial charge is 0.338 e. The van der Waals surface area contributed by atoms with Crippen molar-refractivity contribution in [2.24, 2.45) is 5.92 Å². The van der Waals surface area contributed by atoms with Crippen molar-refractivity contribution in [3.05, 3.63) is 29.3 Å². The summed E-state index contributed by atoms with van der Waals surface area (Å²) in [5.74, 6) is -3.33. The van der Waals surface area contributed by atoms with Crippen LogP contribution in [0.1, 0.15) is 42.5 Å². The molecule has 0 bridgehead atoms. The van der Waals surface area contributed by atoms with Gasteiger partial charge in [0, 0.05) is 13.6 Å². The second kappa shape index (κ2) is 6.20. The first-order valence-electron chi connectivity index (χ1n) is 6.93. The van der Waals surface area contributed by atoms with Crippen molar-refractivity contribution in [3.8, 4) is 0 Å². The fraction of sp³-hybridized carbons (Fsp3) is 0.533. The average molecular weight is 283 g/mol. The van der Waals surface area contributed by atoms with Gasteiger partial charge in [-0.2, -0.15) is 0 Å². The average Bonchev–Trinajstić information content (AvgIpc) is 2.42. The maximum absolute atomic E-state index is 13.9. The molecule has 0 spiro atoms. The van der Waals surface area contributed by atoms with Crippen molar-refractivity contribution in [3.63, 3.8) is 0 Å². The summed E-state index contributed by atoms with van der Waals surface area (Å²) < 4.78 is 27.6. The standard InChI is InChI=1S/C15H19F2NO2/c1-18(9-10-5-3-2-4-6-10)12-8-7-11(15(19)20)13(16)14(12)17/h7-8,10H,2-6,9H2,1H3,(H,19,20). The normalized spacial score (nSPS) is 16.1. The highest BCUT2D eigenvalue weighted by Gasteiger charge is 2.22. The van der Waals surface area contributed by atoms with E-state index in [9.17, 15) is 13.6 Å². The van der Waals surface area contributed by atoms with E-state index >= 15 is 0 Å². The lowest BCUT2D eigenvalue weighted by Crippen LogP contribution is -2.28. The minimum atomic E-state index is -1.46. The monoisotopic (exact) mass is 283 g/mol. The van der Waals surface area contributed by atoms with Crippen LogP contribution in [0, 0.1) is 17.6 Å². The number of anilines is 1. The van der Waals surface area contributed by atoms with Gasteiger partial charge < -0.3 is 10.0 Å². The van der Waals surface area contributed by atoms with Crippen LogP contribution in [0.15, 0.2) is 12.1 Å². The molecule has 0 unspecified atom stereocenters. The van der Waals surface area contributed by atoms with E-state index in [0.717, 1.165) is 18.9 Å². The number of halogens is 2. The Labute approximate surface area is 117 Å². The third-order valence-corrected chi connectivity index (χ3v) is 3.96. The van der Waals surface area contributed by atoms with E-state index in [1.807, 2.05) is 0 Å². The Bertz CT molecular complexity index is 499. The topological polar surface area (TPSA) is 40.5 Å². The van der Waals surface area contributed by atoms with Crippen molar-refractivity contribution in [1.29, 1.82) is 0 Å². The number of aromatic carboxylic acids is 1. The van der Waals surface area contributed by atoms with Crippen LogP contribution in [0.2, 0.25) is 0 Å². The summed E-state index contributed by atoms with van der Waals surface area (Å²) in [4.78, 5) is 12.4. The summed E-state index contributed by atoms with van der Waals surface area (Å²) in [5, 5.41) is 8.76. The zero-order valence-electron chi connectivity index (χ0n) is 11.5. The molecule has 0 aromatic heterocycles. The molecule has 0 saturated heterocycles. The molecular formula is C15H19F2NO2. The van der Waals surface area contributed by atoms with Gasteiger partial charge in [-0.05, 0) is 30.9 Å². The molecule has 5 heteroatoms. The van der Waals surface area contributed by atoms with Crippen LogP contribution in [-0.4, -0.2) is 24.7 Å². The van der Waals surface area contributed by atoms with Gasteiger partial charge in [-0.25, -0.2) is 13.6 Å². The van der Waals surface area contributed by atoms with Crippen LogP contribution in [0.25, 0.3) is 0 Å². The van der Waals surface area contributed by atoms with E-state index in [-0.39, 0.29) is 5.69 Å². The Hall–Kier alpha value is -1.65. The zero-order chi connectivity index (χ0) is 14.7. The number of hydrogen-bond donors (Lipinski definition) is 1. The Kier molecular flexibility index (Phi) is 4.57. The Morgan fingerprint density at radius 1 is 1.25 bits per heavy atom. The second-order valence-corrected chi connectivity index (χ2v) is 5.45. The molecule has 0 amide bonds. The van der Waals surface area contributed by atoms with Gasteiger partial charge in [-0.3, -0.25) is 0 Å². The van der Waals surface area contributed by atoms with Crippen LogP contribution in [0.4, 0.5) is 14.5 Å². The van der Waals surface area contributed by atoms with Gasteiger partial charge in [0.2, 0.25) is 0 Å². The predicted molar refractivity (Wildman–Crippen MR) is 73.2 cm³/mol. The predicted octanol–water partition coefficient (Wildman–Crippen LogP) is 3.68. The number of benzene rings is 1. The van der Waals surface area contributed by atoms with Gasteiger partial charge in [-0.15, -0.1) is 0 Å². The summed E-state index contributed by atoms with van der Waals surface area (Å²) >= 11 is 0. The SMILES string of the molecule is CN(CC1CCCCC1)c1ccc(C(=O)O)c(F)c1F. The molecule has 2 rings (SSSR count). The van der Waals surface area contributed by atoms with E-state index < -0.39 is 23.2 Å². The van der Waals surface area contributed by atoms with Crippen LogP contribution in [0.3, 0.4) is 0 Å². The number of rotatable bonds is 4. The van der Waals surface area contributed by atoms with Crippen molar-refractivity contribution in [2.45, 2.75) is 32.1 Å². The van der Waals surface area contributed by atoms with Gasteiger partial charge in [0.1, 0.15) is 0 Å². The van der Waals surface area contributed by atoms with Crippen molar-refractivity contribution >= 4 is 11.7 Å². The molecule has 1 saturated carbocycles. The summed E-state index contributed by atoms with van der Waals surface area (Å²) in [5.41, 5.74) is -0.504. The molecule has 1 fully saturated rings. The minimum Gasteiger partial charge on any atom is -0.478 e. The lowest BCUT2D eigenvalue weighted by molar-refractivity contribution is 0.0690. The highest BCUT2D eigenvalue weighted by atomic mass is 19.2. The highest BCUT2D eigenvalue weighted by Crippen LogP contribution is 2.28. The summed E-state index contributed by atoms with van der Waals surface area (Å²) in [7, 11) is 1.72. The fourth-order valence-corrected chi connectivity index (χ4v) is 2.85. The summed E-state index contributed by atoms with van der Waals surface area (Å²) in [6.45, 7) is 0.669. The highest BCUT2D eigenvalue weighted by molar-refractivity contribution is 5.88. The summed E-state index contributed by atoms with van der Waals surface area (Å²) in [6, 6.07) is 2.46. The fourth-order valence-electron chi connectivity index (χ4n) is 2.85. The lowest BCUT2D eigenvalue weighted by atomic mass is 9.89. The van der Waals surface area contributed by atoms with Gasteiger partial charge in [0.25, 0.3) is 0 Å². The van der Waals surface area contributed by atoms with E-state index in [4.69, 9.17) is 5.11 Å². The molecule has 1 aliphatic rings. The first kappa shape index (κ1) is 14.8. The molecule has 20 heavy (non-hydrogen) atoms. The lowest BCUT2D eigenvalue weighted by Gasteiger charge is -2.28. The number of hydrogen-bond acceptors (Lipinski definition) is 2. The van der Waals surface area contributed by atoms with Crippen LogP contribution in [0.5, 0.6) is 0 Å². The second-order valence-electron chi connectivity index (χ2n) is 5.45. The number of carbonyl (C=O) groups is 1. The molecule has 1 aliphatic carbocycles. The molecule has 1 aromatic rings. The molecule has 1 N–H and O–H groups in total. The number of carboxylic acids is 1. The number of nitrogens with zero attached hydrogens (tertiary/aromatic N) is 1. The molecule has 3 nitrogen and oxygen atoms in total. The van der Waals surface area contributed by atoms with E-state index in [0.29, 0.717) is 12.5 Å². The maximum atomic E-state index is 13.9. The third-order valence-electron chi connectivity index (χ3n) is 3.96. The molecular weight excluding hydrogens is 264 g/mol. The molecule has 0 aliphatic heterocycles. The first-order valence-corrected chi connectivity index (χ1v) is 6.93. The third kappa shape index (κ3) is 3.08. The minimum absolute atomic E-state index is 0.123.